The highest BCUT2D eigenvalue weighted by molar-refractivity contribution is 9.10. The molecule has 0 spiro atoms. The van der Waals surface area contributed by atoms with Gasteiger partial charge in [-0.25, -0.2) is 9.61 Å². The zero-order valence-corrected chi connectivity index (χ0v) is 13.3. The van der Waals surface area contributed by atoms with E-state index in [4.69, 9.17) is 0 Å². The summed E-state index contributed by atoms with van der Waals surface area (Å²) in [5, 5.41) is 12.3. The number of nitrogens with zero attached hydrogens (tertiary/aromatic N) is 3. The van der Waals surface area contributed by atoms with E-state index < -0.39 is 18.7 Å². The largest absolute Gasteiger partial charge is 0.467 e. The Labute approximate surface area is 140 Å². The Morgan fingerprint density at radius 2 is 2.17 bits per heavy atom. The van der Waals surface area contributed by atoms with Gasteiger partial charge in [-0.15, -0.1) is 0 Å². The molecule has 3 rings (SSSR count). The second kappa shape index (κ2) is 6.15. The molecule has 0 fully saturated rings. The van der Waals surface area contributed by atoms with Gasteiger partial charge in [0, 0.05) is 6.20 Å². The molecule has 3 heterocycles. The van der Waals surface area contributed by atoms with E-state index in [1.54, 1.807) is 18.3 Å². The highest BCUT2D eigenvalue weighted by Gasteiger charge is 2.29. The van der Waals surface area contributed by atoms with Crippen molar-refractivity contribution >= 4 is 33.0 Å². The van der Waals surface area contributed by atoms with Gasteiger partial charge >= 0.3 is 6.18 Å². The molecular weight excluding hydrogens is 395 g/mol. The van der Waals surface area contributed by atoms with Crippen LogP contribution in [-0.4, -0.2) is 38.5 Å². The van der Waals surface area contributed by atoms with Crippen molar-refractivity contribution in [3.63, 3.8) is 0 Å². The summed E-state index contributed by atoms with van der Waals surface area (Å²) in [5.74, 6) is -0.814. The zero-order valence-electron chi connectivity index (χ0n) is 11.8. The highest BCUT2D eigenvalue weighted by Crippen LogP contribution is 2.24. The number of amides is 1. The number of hydrogen-bond acceptors (Lipinski definition) is 4. The van der Waals surface area contributed by atoms with Crippen molar-refractivity contribution in [3.8, 4) is 5.88 Å². The summed E-state index contributed by atoms with van der Waals surface area (Å²) in [5.41, 5.74) is 1.04. The van der Waals surface area contributed by atoms with Gasteiger partial charge in [-0.2, -0.15) is 23.4 Å². The standard InChI is InChI=1S/C13H9BrF3N5O2/c14-8-3-19-22-5-7(1-2-10(8)22)11(23)20-9-4-18-21-12(9)24-6-13(15,16)17/h1-5H,6H2,(H,18,21)(H,20,23). The number of hydrogen-bond donors (Lipinski definition) is 2. The lowest BCUT2D eigenvalue weighted by Gasteiger charge is -2.09. The van der Waals surface area contributed by atoms with Crippen LogP contribution in [0, 0.1) is 0 Å². The Hall–Kier alpha value is -2.56. The fourth-order valence-electron chi connectivity index (χ4n) is 1.91. The molecule has 7 nitrogen and oxygen atoms in total. The Morgan fingerprint density at radius 3 is 2.92 bits per heavy atom. The average molecular weight is 404 g/mol. The van der Waals surface area contributed by atoms with E-state index in [1.807, 2.05) is 0 Å². The Balaban J connectivity index is 1.75. The van der Waals surface area contributed by atoms with Crippen molar-refractivity contribution < 1.29 is 22.7 Å². The number of aromatic nitrogens is 4. The third-order valence-corrected chi connectivity index (χ3v) is 3.58. The molecule has 0 saturated heterocycles. The minimum Gasteiger partial charge on any atom is -0.467 e. The van der Waals surface area contributed by atoms with Crippen LogP contribution in [0.3, 0.4) is 0 Å². The normalized spacial score (nSPS) is 11.7. The van der Waals surface area contributed by atoms with Crippen LogP contribution in [-0.2, 0) is 0 Å². The van der Waals surface area contributed by atoms with Crippen LogP contribution in [0.1, 0.15) is 10.4 Å². The summed E-state index contributed by atoms with van der Waals surface area (Å²) in [6.07, 6.45) is -0.264. The molecule has 0 saturated carbocycles. The summed E-state index contributed by atoms with van der Waals surface area (Å²) in [7, 11) is 0. The first kappa shape index (κ1) is 16.3. The van der Waals surface area contributed by atoms with Crippen LogP contribution in [0.2, 0.25) is 0 Å². The molecule has 0 radical (unpaired) electrons. The number of rotatable bonds is 4. The number of carbonyl (C=O) groups is 1. The molecule has 0 aliphatic heterocycles. The number of pyridine rings is 1. The topological polar surface area (TPSA) is 84.3 Å². The number of halogens is 4. The quantitative estimate of drug-likeness (QED) is 0.701. The number of H-pyrrole nitrogens is 1. The summed E-state index contributed by atoms with van der Waals surface area (Å²) < 4.78 is 43.4. The van der Waals surface area contributed by atoms with E-state index in [1.165, 1.54) is 10.7 Å². The molecule has 2 N–H and O–H groups in total. The number of carbonyl (C=O) groups excluding carboxylic acids is 1. The number of alkyl halides is 3. The lowest BCUT2D eigenvalue weighted by molar-refractivity contribution is -0.153. The number of nitrogens with one attached hydrogen (secondary N) is 2. The van der Waals surface area contributed by atoms with E-state index in [-0.39, 0.29) is 17.1 Å². The molecule has 3 aromatic rings. The smallest absolute Gasteiger partial charge is 0.422 e. The van der Waals surface area contributed by atoms with Gasteiger partial charge in [0.25, 0.3) is 5.91 Å². The minimum absolute atomic E-state index is 0.00555. The fraction of sp³-hybridized carbons (Fsp3) is 0.154. The number of fused-ring (bicyclic) bond motifs is 1. The maximum absolute atomic E-state index is 12.2. The predicted octanol–water partition coefficient (Wildman–Crippen LogP) is 3.01. The molecule has 0 aromatic carbocycles. The van der Waals surface area contributed by atoms with Crippen LogP contribution >= 0.6 is 15.9 Å². The number of anilines is 1. The second-order valence-electron chi connectivity index (χ2n) is 4.71. The third kappa shape index (κ3) is 3.50. The van der Waals surface area contributed by atoms with E-state index in [0.717, 1.165) is 16.2 Å². The van der Waals surface area contributed by atoms with E-state index in [2.05, 4.69) is 41.3 Å². The first-order valence-electron chi connectivity index (χ1n) is 6.50. The summed E-state index contributed by atoms with van der Waals surface area (Å²) >= 11 is 3.32. The van der Waals surface area contributed by atoms with Crippen molar-refractivity contribution in [2.75, 3.05) is 11.9 Å². The first-order valence-corrected chi connectivity index (χ1v) is 7.30. The summed E-state index contributed by atoms with van der Waals surface area (Å²) in [6, 6.07) is 3.25. The summed E-state index contributed by atoms with van der Waals surface area (Å²) in [6.45, 7) is -1.49. The van der Waals surface area contributed by atoms with Crippen LogP contribution in [0.15, 0.2) is 35.2 Å². The maximum atomic E-state index is 12.2. The van der Waals surface area contributed by atoms with E-state index >= 15 is 0 Å². The third-order valence-electron chi connectivity index (χ3n) is 2.96. The molecule has 0 atom stereocenters. The maximum Gasteiger partial charge on any atom is 0.422 e. The lowest BCUT2D eigenvalue weighted by atomic mass is 10.2. The van der Waals surface area contributed by atoms with Crippen molar-refractivity contribution in [3.05, 3.63) is 40.8 Å². The minimum atomic E-state index is -4.50. The van der Waals surface area contributed by atoms with Crippen molar-refractivity contribution in [2.45, 2.75) is 6.18 Å². The highest BCUT2D eigenvalue weighted by atomic mass is 79.9. The molecule has 0 aliphatic carbocycles. The lowest BCUT2D eigenvalue weighted by Crippen LogP contribution is -2.20. The van der Waals surface area contributed by atoms with Gasteiger partial charge in [0.1, 0.15) is 5.69 Å². The zero-order chi connectivity index (χ0) is 17.3. The average Bonchev–Trinajstić information content (AvgIpc) is 3.11. The van der Waals surface area contributed by atoms with Crippen molar-refractivity contribution in [1.82, 2.24) is 19.8 Å². The van der Waals surface area contributed by atoms with Gasteiger partial charge < -0.3 is 10.1 Å². The van der Waals surface area contributed by atoms with Crippen molar-refractivity contribution in [2.24, 2.45) is 0 Å². The van der Waals surface area contributed by atoms with Gasteiger partial charge in [0.05, 0.1) is 27.9 Å². The molecule has 126 valence electrons. The molecule has 1 amide bonds. The Kier molecular flexibility index (Phi) is 4.18. The Bertz CT molecular complexity index is 889. The van der Waals surface area contributed by atoms with E-state index in [0.29, 0.717) is 0 Å². The van der Waals surface area contributed by atoms with Gasteiger partial charge in [0.15, 0.2) is 6.61 Å². The fourth-order valence-corrected chi connectivity index (χ4v) is 2.31. The van der Waals surface area contributed by atoms with Crippen LogP contribution in [0.25, 0.3) is 5.52 Å². The monoisotopic (exact) mass is 403 g/mol. The molecule has 3 aromatic heterocycles. The van der Waals surface area contributed by atoms with Gasteiger partial charge in [-0.05, 0) is 28.1 Å². The molecular formula is C13H9BrF3N5O2. The van der Waals surface area contributed by atoms with Crippen LogP contribution < -0.4 is 10.1 Å². The number of ether oxygens (including phenoxy) is 1. The van der Waals surface area contributed by atoms with Crippen molar-refractivity contribution in [1.29, 1.82) is 0 Å². The van der Waals surface area contributed by atoms with Gasteiger partial charge in [-0.3, -0.25) is 4.79 Å². The summed E-state index contributed by atoms with van der Waals surface area (Å²) in [4.78, 5) is 12.2. The molecule has 24 heavy (non-hydrogen) atoms. The SMILES string of the molecule is O=C(Nc1cn[nH]c1OCC(F)(F)F)c1ccc2c(Br)cnn2c1. The van der Waals surface area contributed by atoms with Gasteiger partial charge in [-0.1, -0.05) is 0 Å². The molecule has 11 heteroatoms. The second-order valence-corrected chi connectivity index (χ2v) is 5.57. The Morgan fingerprint density at radius 1 is 1.38 bits per heavy atom. The van der Waals surface area contributed by atoms with Crippen LogP contribution in [0.4, 0.5) is 18.9 Å². The van der Waals surface area contributed by atoms with E-state index in [9.17, 15) is 18.0 Å². The van der Waals surface area contributed by atoms with Gasteiger partial charge in [0.2, 0.25) is 5.88 Å². The molecule has 0 unspecified atom stereocenters. The molecule has 0 aliphatic rings. The van der Waals surface area contributed by atoms with Crippen LogP contribution in [0.5, 0.6) is 5.88 Å². The predicted molar refractivity (Wildman–Crippen MR) is 81.0 cm³/mol. The first-order chi connectivity index (χ1) is 11.3. The molecule has 0 bridgehead atoms. The number of aromatic amines is 1.